The molecule has 2 N–H and O–H groups in total. The summed E-state index contributed by atoms with van der Waals surface area (Å²) in [4.78, 5) is 4.08. The normalized spacial score (nSPS) is 9.27. The zero-order valence-corrected chi connectivity index (χ0v) is 6.57. The largest absolute Gasteiger partial charge is 0.396 e. The van der Waals surface area contributed by atoms with Gasteiger partial charge in [-0.25, -0.2) is 4.99 Å². The van der Waals surface area contributed by atoms with Gasteiger partial charge < -0.3 is 5.73 Å². The van der Waals surface area contributed by atoms with Crippen LogP contribution in [0.1, 0.15) is 13.8 Å². The number of hydrogen-bond acceptors (Lipinski definition) is 4. The number of hydrogen-bond donors (Lipinski definition) is 1. The second-order valence-electron chi connectivity index (χ2n) is 2.37. The summed E-state index contributed by atoms with van der Waals surface area (Å²) in [6.07, 6.45) is 1.54. The van der Waals surface area contributed by atoms with Gasteiger partial charge in [0.05, 0.1) is 11.9 Å². The van der Waals surface area contributed by atoms with Gasteiger partial charge in [-0.3, -0.25) is 0 Å². The van der Waals surface area contributed by atoms with E-state index in [9.17, 15) is 0 Å². The highest BCUT2D eigenvalue weighted by atomic mass is 15.1. The van der Waals surface area contributed by atoms with Gasteiger partial charge in [-0.2, -0.15) is 5.10 Å². The Morgan fingerprint density at radius 3 is 2.82 bits per heavy atom. The molecule has 0 unspecified atom stereocenters. The highest BCUT2D eigenvalue weighted by Crippen LogP contribution is 2.15. The first-order valence-electron chi connectivity index (χ1n) is 3.29. The van der Waals surface area contributed by atoms with Gasteiger partial charge in [-0.15, -0.1) is 5.10 Å². The lowest BCUT2D eigenvalue weighted by Gasteiger charge is -1.95. The van der Waals surface area contributed by atoms with Gasteiger partial charge in [0.25, 0.3) is 0 Å². The van der Waals surface area contributed by atoms with E-state index in [0.29, 0.717) is 11.5 Å². The fourth-order valence-electron chi connectivity index (χ4n) is 0.633. The molecule has 0 aliphatic carbocycles. The summed E-state index contributed by atoms with van der Waals surface area (Å²) in [6, 6.07) is 1.68. The van der Waals surface area contributed by atoms with Crippen LogP contribution in [0.2, 0.25) is 0 Å². The Hall–Kier alpha value is -1.45. The Morgan fingerprint density at radius 1 is 1.55 bits per heavy atom. The van der Waals surface area contributed by atoms with E-state index in [1.165, 1.54) is 0 Å². The molecule has 0 saturated heterocycles. The number of nitrogens with zero attached hydrogens (tertiary/aromatic N) is 3. The minimum absolute atomic E-state index is 0.493. The smallest absolute Gasteiger partial charge is 0.197 e. The predicted molar refractivity (Wildman–Crippen MR) is 44.9 cm³/mol. The maximum atomic E-state index is 5.56. The van der Waals surface area contributed by atoms with Gasteiger partial charge in [0.15, 0.2) is 5.82 Å². The monoisotopic (exact) mass is 150 g/mol. The third-order valence-electron chi connectivity index (χ3n) is 1.06. The molecule has 58 valence electrons. The molecule has 4 heteroatoms. The third kappa shape index (κ3) is 2.00. The molecular formula is C7H10N4. The van der Waals surface area contributed by atoms with Gasteiger partial charge in [0.1, 0.15) is 0 Å². The summed E-state index contributed by atoms with van der Waals surface area (Å²) in [5.74, 6) is 0.493. The van der Waals surface area contributed by atoms with E-state index in [4.69, 9.17) is 5.73 Å². The lowest BCUT2D eigenvalue weighted by atomic mass is 10.4. The van der Waals surface area contributed by atoms with Crippen molar-refractivity contribution in [1.82, 2.24) is 10.2 Å². The van der Waals surface area contributed by atoms with Crippen LogP contribution in [0, 0.1) is 0 Å². The van der Waals surface area contributed by atoms with Gasteiger partial charge >= 0.3 is 0 Å². The first-order valence-corrected chi connectivity index (χ1v) is 3.29. The Balaban J connectivity index is 3.04. The van der Waals surface area contributed by atoms with Crippen LogP contribution in [0.5, 0.6) is 0 Å². The number of nitrogen functional groups attached to an aromatic ring is 1. The quantitative estimate of drug-likeness (QED) is 0.611. The number of rotatable bonds is 1. The molecule has 1 heterocycles. The van der Waals surface area contributed by atoms with Crippen molar-refractivity contribution in [2.24, 2.45) is 4.99 Å². The average Bonchev–Trinajstić information content (AvgIpc) is 1.93. The van der Waals surface area contributed by atoms with E-state index in [1.54, 1.807) is 12.3 Å². The topological polar surface area (TPSA) is 64.2 Å². The molecule has 0 fully saturated rings. The van der Waals surface area contributed by atoms with Gasteiger partial charge in [0.2, 0.25) is 0 Å². The Labute approximate surface area is 65.2 Å². The van der Waals surface area contributed by atoms with Crippen molar-refractivity contribution in [2.75, 3.05) is 5.73 Å². The summed E-state index contributed by atoms with van der Waals surface area (Å²) in [6.45, 7) is 3.77. The molecule has 1 aromatic heterocycles. The van der Waals surface area contributed by atoms with E-state index >= 15 is 0 Å². The summed E-state index contributed by atoms with van der Waals surface area (Å²) >= 11 is 0. The maximum Gasteiger partial charge on any atom is 0.197 e. The van der Waals surface area contributed by atoms with Crippen LogP contribution in [0.4, 0.5) is 11.5 Å². The Morgan fingerprint density at radius 2 is 2.27 bits per heavy atom. The lowest BCUT2D eigenvalue weighted by molar-refractivity contribution is 1.03. The molecule has 1 aromatic rings. The first kappa shape index (κ1) is 7.65. The molecule has 0 saturated carbocycles. The summed E-state index contributed by atoms with van der Waals surface area (Å²) < 4.78 is 0. The minimum atomic E-state index is 0.493. The summed E-state index contributed by atoms with van der Waals surface area (Å²) in [7, 11) is 0. The molecule has 0 spiro atoms. The van der Waals surface area contributed by atoms with Crippen molar-refractivity contribution in [3.05, 3.63) is 12.3 Å². The van der Waals surface area contributed by atoms with E-state index < -0.39 is 0 Å². The van der Waals surface area contributed by atoms with Crippen LogP contribution in [0.25, 0.3) is 0 Å². The zero-order valence-electron chi connectivity index (χ0n) is 6.57. The fourth-order valence-corrected chi connectivity index (χ4v) is 0.633. The minimum Gasteiger partial charge on any atom is -0.396 e. The standard InChI is InChI=1S/C7H10N4/c1-5(2)10-7-6(8)3-4-9-11-7/h3-4H,1-2H3,(H2,8,9). The van der Waals surface area contributed by atoms with Crippen molar-refractivity contribution in [3.63, 3.8) is 0 Å². The van der Waals surface area contributed by atoms with Crippen LogP contribution in [-0.4, -0.2) is 15.9 Å². The molecule has 0 radical (unpaired) electrons. The van der Waals surface area contributed by atoms with Crippen molar-refractivity contribution in [2.45, 2.75) is 13.8 Å². The summed E-state index contributed by atoms with van der Waals surface area (Å²) in [5, 5.41) is 7.42. The molecule has 0 bridgehead atoms. The molecule has 11 heavy (non-hydrogen) atoms. The molecule has 4 nitrogen and oxygen atoms in total. The molecule has 0 aromatic carbocycles. The molecule has 0 amide bonds. The lowest BCUT2D eigenvalue weighted by Crippen LogP contribution is -1.91. The van der Waals surface area contributed by atoms with Crippen LogP contribution in [0.15, 0.2) is 17.3 Å². The van der Waals surface area contributed by atoms with Crippen molar-refractivity contribution >= 4 is 17.2 Å². The van der Waals surface area contributed by atoms with Crippen molar-refractivity contribution < 1.29 is 0 Å². The van der Waals surface area contributed by atoms with Gasteiger partial charge in [-0.05, 0) is 19.9 Å². The van der Waals surface area contributed by atoms with Crippen LogP contribution in [0.3, 0.4) is 0 Å². The molecule has 0 aliphatic rings. The highest BCUT2D eigenvalue weighted by molar-refractivity contribution is 5.83. The van der Waals surface area contributed by atoms with E-state index in [1.807, 2.05) is 13.8 Å². The number of aliphatic imine (C=N–C) groups is 1. The van der Waals surface area contributed by atoms with E-state index in [2.05, 4.69) is 15.2 Å². The number of nitrogens with two attached hydrogens (primary N) is 1. The van der Waals surface area contributed by atoms with Crippen molar-refractivity contribution in [3.8, 4) is 0 Å². The number of aromatic nitrogens is 2. The van der Waals surface area contributed by atoms with E-state index in [0.717, 1.165) is 5.71 Å². The highest BCUT2D eigenvalue weighted by Gasteiger charge is 1.95. The molecule has 0 aliphatic heterocycles. The Kier molecular flexibility index (Phi) is 2.15. The molecule has 1 rings (SSSR count). The number of anilines is 1. The Bertz CT molecular complexity index is 276. The van der Waals surface area contributed by atoms with E-state index in [-0.39, 0.29) is 0 Å². The SMILES string of the molecule is CC(C)=Nc1nnccc1N. The zero-order chi connectivity index (χ0) is 8.27. The fraction of sp³-hybridized carbons (Fsp3) is 0.286. The second kappa shape index (κ2) is 3.09. The average molecular weight is 150 g/mol. The van der Waals surface area contributed by atoms with Crippen molar-refractivity contribution in [1.29, 1.82) is 0 Å². The molecule has 0 atom stereocenters. The maximum absolute atomic E-state index is 5.56. The van der Waals surface area contributed by atoms with Crippen LogP contribution < -0.4 is 5.73 Å². The van der Waals surface area contributed by atoms with Crippen LogP contribution in [-0.2, 0) is 0 Å². The molecular weight excluding hydrogens is 140 g/mol. The van der Waals surface area contributed by atoms with Gasteiger partial charge in [0, 0.05) is 5.71 Å². The van der Waals surface area contributed by atoms with Crippen LogP contribution >= 0.6 is 0 Å². The predicted octanol–water partition coefficient (Wildman–Crippen LogP) is 1.17. The second-order valence-corrected chi connectivity index (χ2v) is 2.37. The summed E-state index contributed by atoms with van der Waals surface area (Å²) in [5.41, 5.74) is 7.03. The third-order valence-corrected chi connectivity index (χ3v) is 1.06. The first-order chi connectivity index (χ1) is 5.20. The van der Waals surface area contributed by atoms with Gasteiger partial charge in [-0.1, -0.05) is 0 Å².